The Morgan fingerprint density at radius 1 is 1.56 bits per heavy atom. The molecule has 6 heteroatoms. The van der Waals surface area contributed by atoms with Gasteiger partial charge in [-0.1, -0.05) is 19.9 Å². The van der Waals surface area contributed by atoms with E-state index >= 15 is 0 Å². The summed E-state index contributed by atoms with van der Waals surface area (Å²) in [6, 6.07) is 4.06. The van der Waals surface area contributed by atoms with Gasteiger partial charge in [0.15, 0.2) is 0 Å². The Labute approximate surface area is 110 Å². The average Bonchev–Trinajstić information content (AvgIpc) is 2.99. The fraction of sp³-hybridized carbons (Fsp3) is 0.417. The van der Waals surface area contributed by atoms with E-state index in [-0.39, 0.29) is 17.6 Å². The summed E-state index contributed by atoms with van der Waals surface area (Å²) in [4.78, 5) is 17.2. The van der Waals surface area contributed by atoms with Crippen LogP contribution in [0.1, 0.15) is 41.1 Å². The van der Waals surface area contributed by atoms with Crippen molar-refractivity contribution in [2.24, 2.45) is 0 Å². The molecule has 2 aromatic heterocycles. The highest BCUT2D eigenvalue weighted by Crippen LogP contribution is 2.09. The van der Waals surface area contributed by atoms with Gasteiger partial charge in [-0.05, 0) is 17.9 Å². The second-order valence-electron chi connectivity index (χ2n) is 4.28. The number of hydrogen-bond acceptors (Lipinski definition) is 4. The molecule has 1 amide bonds. The highest BCUT2D eigenvalue weighted by atomic mass is 32.1. The van der Waals surface area contributed by atoms with Crippen LogP contribution in [0.15, 0.2) is 17.5 Å². The van der Waals surface area contributed by atoms with E-state index in [0.29, 0.717) is 6.54 Å². The number of aromatic amines is 1. The Balaban J connectivity index is 1.83. The van der Waals surface area contributed by atoms with Crippen molar-refractivity contribution in [1.82, 2.24) is 20.5 Å². The lowest BCUT2D eigenvalue weighted by atomic mass is 10.2. The van der Waals surface area contributed by atoms with Gasteiger partial charge in [-0.25, -0.2) is 4.98 Å². The lowest BCUT2D eigenvalue weighted by molar-refractivity contribution is 0.0944. The number of aromatic nitrogens is 3. The molecule has 2 aromatic rings. The molecule has 0 aromatic carbocycles. The number of rotatable bonds is 5. The lowest BCUT2D eigenvalue weighted by Crippen LogP contribution is -2.26. The maximum absolute atomic E-state index is 11.8. The van der Waals surface area contributed by atoms with Crippen molar-refractivity contribution >= 4 is 17.2 Å². The number of H-pyrrole nitrogens is 1. The molecule has 18 heavy (non-hydrogen) atoms. The van der Waals surface area contributed by atoms with Crippen molar-refractivity contribution in [3.8, 4) is 0 Å². The van der Waals surface area contributed by atoms with Crippen LogP contribution in [0.3, 0.4) is 0 Å². The molecule has 0 saturated heterocycles. The molecule has 2 rings (SSSR count). The van der Waals surface area contributed by atoms with Gasteiger partial charge in [-0.2, -0.15) is 0 Å². The van der Waals surface area contributed by atoms with E-state index in [1.807, 2.05) is 25.3 Å². The Kier molecular flexibility index (Phi) is 4.09. The molecule has 0 aliphatic rings. The molecule has 2 heterocycles. The molecule has 0 saturated carbocycles. The van der Waals surface area contributed by atoms with Crippen LogP contribution >= 0.6 is 11.3 Å². The van der Waals surface area contributed by atoms with E-state index in [9.17, 15) is 4.79 Å². The van der Waals surface area contributed by atoms with Crippen molar-refractivity contribution in [3.63, 3.8) is 0 Å². The van der Waals surface area contributed by atoms with Crippen LogP contribution in [0.25, 0.3) is 0 Å². The Hall–Kier alpha value is -1.69. The van der Waals surface area contributed by atoms with Crippen LogP contribution in [-0.4, -0.2) is 27.6 Å². The van der Waals surface area contributed by atoms with E-state index < -0.39 is 0 Å². The third-order valence-corrected chi connectivity index (χ3v) is 3.43. The summed E-state index contributed by atoms with van der Waals surface area (Å²) in [5.74, 6) is 0.961. The molecule has 0 atom stereocenters. The van der Waals surface area contributed by atoms with Crippen molar-refractivity contribution < 1.29 is 4.79 Å². The molecular formula is C12H16N4OS. The monoisotopic (exact) mass is 264 g/mol. The standard InChI is InChI=1S/C12H16N4OS/c1-8(2)10-14-11(16-15-10)12(17)13-6-5-9-4-3-7-18-9/h3-4,7-8H,5-6H2,1-2H3,(H,13,17)(H,14,15,16). The molecule has 0 bridgehead atoms. The highest BCUT2D eigenvalue weighted by molar-refractivity contribution is 7.09. The zero-order valence-corrected chi connectivity index (χ0v) is 11.3. The Bertz CT molecular complexity index is 504. The van der Waals surface area contributed by atoms with E-state index in [1.54, 1.807) is 11.3 Å². The summed E-state index contributed by atoms with van der Waals surface area (Å²) in [5, 5.41) is 11.5. The number of amides is 1. The maximum Gasteiger partial charge on any atom is 0.290 e. The van der Waals surface area contributed by atoms with Gasteiger partial charge < -0.3 is 5.32 Å². The lowest BCUT2D eigenvalue weighted by Gasteiger charge is -2.00. The topological polar surface area (TPSA) is 70.7 Å². The first kappa shape index (κ1) is 12.8. The SMILES string of the molecule is CC(C)c1nc(C(=O)NCCc2cccs2)n[nH]1. The number of thiophene rings is 1. The first-order valence-corrected chi connectivity index (χ1v) is 6.77. The smallest absolute Gasteiger partial charge is 0.290 e. The highest BCUT2D eigenvalue weighted by Gasteiger charge is 2.13. The molecule has 0 radical (unpaired) electrons. The van der Waals surface area contributed by atoms with Crippen LogP contribution in [0, 0.1) is 0 Å². The van der Waals surface area contributed by atoms with Crippen LogP contribution in [0.5, 0.6) is 0 Å². The normalized spacial score (nSPS) is 10.8. The number of nitrogens with zero attached hydrogens (tertiary/aromatic N) is 2. The van der Waals surface area contributed by atoms with Gasteiger partial charge in [0.1, 0.15) is 5.82 Å². The zero-order chi connectivity index (χ0) is 13.0. The molecule has 0 aliphatic carbocycles. The number of carbonyl (C=O) groups is 1. The molecule has 5 nitrogen and oxygen atoms in total. The Morgan fingerprint density at radius 3 is 3.00 bits per heavy atom. The van der Waals surface area contributed by atoms with Crippen LogP contribution in [0.4, 0.5) is 0 Å². The predicted octanol–water partition coefficient (Wildman–Crippen LogP) is 1.96. The minimum atomic E-state index is -0.227. The van der Waals surface area contributed by atoms with Crippen LogP contribution < -0.4 is 5.32 Å². The van der Waals surface area contributed by atoms with E-state index in [4.69, 9.17) is 0 Å². The van der Waals surface area contributed by atoms with Gasteiger partial charge in [0, 0.05) is 17.3 Å². The number of nitrogens with one attached hydrogen (secondary N) is 2. The van der Waals surface area contributed by atoms with Gasteiger partial charge in [-0.3, -0.25) is 9.89 Å². The minimum absolute atomic E-state index is 0.213. The van der Waals surface area contributed by atoms with Gasteiger partial charge in [0.25, 0.3) is 5.91 Å². The third kappa shape index (κ3) is 3.16. The maximum atomic E-state index is 11.8. The summed E-state index contributed by atoms with van der Waals surface area (Å²) in [7, 11) is 0. The predicted molar refractivity (Wildman–Crippen MR) is 70.8 cm³/mol. The third-order valence-electron chi connectivity index (χ3n) is 2.49. The van der Waals surface area contributed by atoms with Gasteiger partial charge in [0.2, 0.25) is 5.82 Å². The summed E-state index contributed by atoms with van der Waals surface area (Å²) >= 11 is 1.69. The van der Waals surface area contributed by atoms with Gasteiger partial charge in [-0.15, -0.1) is 16.4 Å². The molecule has 0 fully saturated rings. The van der Waals surface area contributed by atoms with E-state index in [1.165, 1.54) is 4.88 Å². The van der Waals surface area contributed by atoms with Crippen molar-refractivity contribution in [2.45, 2.75) is 26.2 Å². The number of hydrogen-bond donors (Lipinski definition) is 2. The summed E-state index contributed by atoms with van der Waals surface area (Å²) in [6.45, 7) is 4.60. The second-order valence-corrected chi connectivity index (χ2v) is 5.32. The molecule has 0 aliphatic heterocycles. The van der Waals surface area contributed by atoms with E-state index in [2.05, 4.69) is 26.6 Å². The van der Waals surface area contributed by atoms with Gasteiger partial charge >= 0.3 is 0 Å². The first-order valence-electron chi connectivity index (χ1n) is 5.89. The van der Waals surface area contributed by atoms with Crippen LogP contribution in [0.2, 0.25) is 0 Å². The van der Waals surface area contributed by atoms with Crippen molar-refractivity contribution in [2.75, 3.05) is 6.54 Å². The fourth-order valence-electron chi connectivity index (χ4n) is 1.47. The molecule has 2 N–H and O–H groups in total. The van der Waals surface area contributed by atoms with Crippen molar-refractivity contribution in [3.05, 3.63) is 34.0 Å². The van der Waals surface area contributed by atoms with Gasteiger partial charge in [0.05, 0.1) is 0 Å². The molecule has 96 valence electrons. The summed E-state index contributed by atoms with van der Waals surface area (Å²) in [5.41, 5.74) is 0. The number of carbonyl (C=O) groups excluding carboxylic acids is 1. The fourth-order valence-corrected chi connectivity index (χ4v) is 2.18. The summed E-state index contributed by atoms with van der Waals surface area (Å²) in [6.07, 6.45) is 0.838. The average molecular weight is 264 g/mol. The summed E-state index contributed by atoms with van der Waals surface area (Å²) < 4.78 is 0. The quantitative estimate of drug-likeness (QED) is 0.867. The van der Waals surface area contributed by atoms with Crippen LogP contribution in [-0.2, 0) is 6.42 Å². The molecule has 0 unspecified atom stereocenters. The second kappa shape index (κ2) is 5.77. The Morgan fingerprint density at radius 2 is 2.39 bits per heavy atom. The largest absolute Gasteiger partial charge is 0.349 e. The molecular weight excluding hydrogens is 248 g/mol. The first-order chi connectivity index (χ1) is 8.66. The van der Waals surface area contributed by atoms with E-state index in [0.717, 1.165) is 12.2 Å². The zero-order valence-electron chi connectivity index (χ0n) is 10.4. The molecule has 0 spiro atoms. The van der Waals surface area contributed by atoms with Crippen molar-refractivity contribution in [1.29, 1.82) is 0 Å². The minimum Gasteiger partial charge on any atom is -0.349 e.